The van der Waals surface area contributed by atoms with Gasteiger partial charge in [0.05, 0.1) is 17.8 Å². The second kappa shape index (κ2) is 17.4. The average molecular weight is 699 g/mol. The predicted octanol–water partition coefficient (Wildman–Crippen LogP) is 2.79. The fourth-order valence-electron chi connectivity index (χ4n) is 5.80. The van der Waals surface area contributed by atoms with Gasteiger partial charge in [-0.3, -0.25) is 19.2 Å². The van der Waals surface area contributed by atoms with Crippen LogP contribution in [0.15, 0.2) is 72.0 Å². The maximum absolute atomic E-state index is 12.5. The molecule has 1 aliphatic carbocycles. The van der Waals surface area contributed by atoms with Crippen molar-refractivity contribution < 1.29 is 71.8 Å². The van der Waals surface area contributed by atoms with Crippen LogP contribution in [0.25, 0.3) is 6.08 Å². The summed E-state index contributed by atoms with van der Waals surface area (Å²) in [5.74, 6) is -6.54. The van der Waals surface area contributed by atoms with Gasteiger partial charge in [0, 0.05) is 39.7 Å². The van der Waals surface area contributed by atoms with Crippen LogP contribution in [0.2, 0.25) is 0 Å². The lowest BCUT2D eigenvalue weighted by atomic mass is 9.83. The Hall–Kier alpha value is -5.28. The van der Waals surface area contributed by atoms with E-state index in [4.69, 9.17) is 37.9 Å². The molecule has 1 aromatic rings. The van der Waals surface area contributed by atoms with E-state index in [1.54, 1.807) is 12.2 Å². The highest BCUT2D eigenvalue weighted by Crippen LogP contribution is 2.45. The standard InChI is InChI=1S/C35H38O15/c1-19(36)43-18-27-30(46-20(2)37)31(47-21(3)38)32(48-22(4)39)35(49-27)50-34-29-24(14-15-25(29)26(17-45-34)33(41)42)16-44-28(40)13-9-8-12-23-10-6-5-7-11-23/h5-14,17,25,27,29-32,34-35H,15-16,18H2,1-4H3,(H,41,42). The first-order valence-electron chi connectivity index (χ1n) is 15.6. The third-order valence-electron chi connectivity index (χ3n) is 7.79. The Kier molecular flexibility index (Phi) is 13.1. The maximum atomic E-state index is 12.5. The Balaban J connectivity index is 1.58. The minimum atomic E-state index is -1.59. The summed E-state index contributed by atoms with van der Waals surface area (Å²) >= 11 is 0. The van der Waals surface area contributed by atoms with Gasteiger partial charge in [-0.1, -0.05) is 54.6 Å². The van der Waals surface area contributed by atoms with E-state index in [-0.39, 0.29) is 18.6 Å². The van der Waals surface area contributed by atoms with E-state index in [2.05, 4.69) is 0 Å². The van der Waals surface area contributed by atoms with Gasteiger partial charge in [0.15, 0.2) is 18.3 Å². The second-order valence-electron chi connectivity index (χ2n) is 11.5. The maximum Gasteiger partial charge on any atom is 0.335 e. The number of hydrogen-bond donors (Lipinski definition) is 1. The van der Waals surface area contributed by atoms with Crippen LogP contribution in [0.1, 0.15) is 39.7 Å². The number of carboxylic acids is 1. The molecule has 1 saturated heterocycles. The molecule has 15 heteroatoms. The minimum Gasteiger partial charge on any atom is -0.478 e. The van der Waals surface area contributed by atoms with Crippen LogP contribution in [0, 0.1) is 11.8 Å². The molecular formula is C35H38O15. The van der Waals surface area contributed by atoms with Crippen LogP contribution >= 0.6 is 0 Å². The van der Waals surface area contributed by atoms with Crippen molar-refractivity contribution in [2.24, 2.45) is 11.8 Å². The molecule has 4 rings (SSSR count). The molecular weight excluding hydrogens is 660 g/mol. The van der Waals surface area contributed by atoms with Crippen LogP contribution in [-0.4, -0.2) is 91.1 Å². The smallest absolute Gasteiger partial charge is 0.335 e. The minimum absolute atomic E-state index is 0.0556. The first kappa shape index (κ1) is 37.5. The van der Waals surface area contributed by atoms with Crippen LogP contribution < -0.4 is 0 Å². The number of benzene rings is 1. The first-order chi connectivity index (χ1) is 23.8. The van der Waals surface area contributed by atoms with E-state index < -0.39 is 91.3 Å². The molecule has 1 N–H and O–H groups in total. The summed E-state index contributed by atoms with van der Waals surface area (Å²) in [6.07, 6.45) is 0.614. The number of rotatable bonds is 13. The van der Waals surface area contributed by atoms with E-state index >= 15 is 0 Å². The summed E-state index contributed by atoms with van der Waals surface area (Å²) in [6, 6.07) is 9.45. The fourth-order valence-corrected chi connectivity index (χ4v) is 5.80. The SMILES string of the molecule is CC(=O)OCC1OC(OC2OC=C(C(=O)O)C3CC=C(COC(=O)C=CC=Cc4ccccc4)C23)C(OC(C)=O)C(OC(C)=O)C1OC(C)=O. The number of aliphatic carboxylic acids is 1. The lowest BCUT2D eigenvalue weighted by molar-refractivity contribution is -0.342. The van der Waals surface area contributed by atoms with E-state index in [1.807, 2.05) is 36.4 Å². The van der Waals surface area contributed by atoms with Gasteiger partial charge in [-0.2, -0.15) is 0 Å². The van der Waals surface area contributed by atoms with Gasteiger partial charge >= 0.3 is 35.8 Å². The molecule has 0 saturated carbocycles. The lowest BCUT2D eigenvalue weighted by Gasteiger charge is -2.45. The summed E-state index contributed by atoms with van der Waals surface area (Å²) < 4.78 is 44.9. The third-order valence-corrected chi connectivity index (χ3v) is 7.79. The number of carboxylic acid groups (broad SMARTS) is 1. The molecule has 0 radical (unpaired) electrons. The van der Waals surface area contributed by atoms with Crippen LogP contribution in [-0.2, 0) is 66.7 Å². The van der Waals surface area contributed by atoms with Crippen LogP contribution in [0.5, 0.6) is 0 Å². The topological polar surface area (TPSA) is 196 Å². The number of ether oxygens (including phenoxy) is 8. The molecule has 15 nitrogen and oxygen atoms in total. The van der Waals surface area contributed by atoms with Gasteiger partial charge in [0.1, 0.15) is 19.3 Å². The summed E-state index contributed by atoms with van der Waals surface area (Å²) in [5, 5.41) is 9.87. The molecule has 8 atom stereocenters. The molecule has 8 unspecified atom stereocenters. The van der Waals surface area contributed by atoms with Crippen molar-refractivity contribution in [1.29, 1.82) is 0 Å². The molecule has 1 fully saturated rings. The predicted molar refractivity (Wildman–Crippen MR) is 169 cm³/mol. The van der Waals surface area contributed by atoms with Gasteiger partial charge in [-0.25, -0.2) is 9.59 Å². The Morgan fingerprint density at radius 1 is 0.820 bits per heavy atom. The summed E-state index contributed by atoms with van der Waals surface area (Å²) in [4.78, 5) is 72.8. The van der Waals surface area contributed by atoms with Crippen molar-refractivity contribution in [3.05, 3.63) is 77.6 Å². The number of esters is 5. The summed E-state index contributed by atoms with van der Waals surface area (Å²) in [6.45, 7) is 3.69. The van der Waals surface area contributed by atoms with Gasteiger partial charge in [-0.15, -0.1) is 0 Å². The van der Waals surface area contributed by atoms with Gasteiger partial charge in [-0.05, 0) is 17.6 Å². The monoisotopic (exact) mass is 698 g/mol. The zero-order valence-corrected chi connectivity index (χ0v) is 27.8. The van der Waals surface area contributed by atoms with Gasteiger partial charge < -0.3 is 43.0 Å². The Bertz CT molecular complexity index is 1560. The van der Waals surface area contributed by atoms with E-state index in [1.165, 1.54) is 12.2 Å². The van der Waals surface area contributed by atoms with Crippen molar-refractivity contribution in [3.63, 3.8) is 0 Å². The quantitative estimate of drug-likeness (QED) is 0.104. The van der Waals surface area contributed by atoms with Crippen molar-refractivity contribution in [2.45, 2.75) is 71.1 Å². The zero-order chi connectivity index (χ0) is 36.4. The van der Waals surface area contributed by atoms with Crippen molar-refractivity contribution >= 4 is 41.9 Å². The number of carbonyl (C=O) groups is 6. The molecule has 0 aromatic heterocycles. The first-order valence-corrected chi connectivity index (χ1v) is 15.6. The molecule has 2 aliphatic heterocycles. The van der Waals surface area contributed by atoms with E-state index in [0.717, 1.165) is 39.5 Å². The van der Waals surface area contributed by atoms with Gasteiger partial charge in [0.2, 0.25) is 12.6 Å². The number of fused-ring (bicyclic) bond motifs is 1. The fraction of sp³-hybridized carbons (Fsp3) is 0.429. The normalized spacial score (nSPS) is 27.3. The molecule has 0 amide bonds. The second-order valence-corrected chi connectivity index (χ2v) is 11.5. The third kappa shape index (κ3) is 10.1. The largest absolute Gasteiger partial charge is 0.478 e. The van der Waals surface area contributed by atoms with Crippen molar-refractivity contribution in [1.82, 2.24) is 0 Å². The van der Waals surface area contributed by atoms with Crippen molar-refractivity contribution in [2.75, 3.05) is 13.2 Å². The Morgan fingerprint density at radius 3 is 2.12 bits per heavy atom. The zero-order valence-electron chi connectivity index (χ0n) is 27.8. The molecule has 268 valence electrons. The van der Waals surface area contributed by atoms with E-state index in [9.17, 15) is 33.9 Å². The highest BCUT2D eigenvalue weighted by Gasteiger charge is 2.55. The summed E-state index contributed by atoms with van der Waals surface area (Å²) in [5.41, 5.74) is 1.37. The average Bonchev–Trinajstić information content (AvgIpc) is 3.48. The highest BCUT2D eigenvalue weighted by atomic mass is 16.8. The Labute approximate surface area is 287 Å². The Morgan fingerprint density at radius 2 is 1.48 bits per heavy atom. The molecule has 0 spiro atoms. The highest BCUT2D eigenvalue weighted by molar-refractivity contribution is 5.87. The lowest BCUT2D eigenvalue weighted by Crippen LogP contribution is -2.63. The van der Waals surface area contributed by atoms with Crippen LogP contribution in [0.3, 0.4) is 0 Å². The molecule has 0 bridgehead atoms. The summed E-state index contributed by atoms with van der Waals surface area (Å²) in [7, 11) is 0. The number of allylic oxidation sites excluding steroid dienone is 3. The van der Waals surface area contributed by atoms with Crippen LogP contribution in [0.4, 0.5) is 0 Å². The van der Waals surface area contributed by atoms with E-state index in [0.29, 0.717) is 5.57 Å². The van der Waals surface area contributed by atoms with Crippen molar-refractivity contribution in [3.8, 4) is 0 Å². The molecule has 2 heterocycles. The van der Waals surface area contributed by atoms with Gasteiger partial charge in [0.25, 0.3) is 0 Å². The number of hydrogen-bond acceptors (Lipinski definition) is 14. The molecule has 50 heavy (non-hydrogen) atoms. The number of carbonyl (C=O) groups excluding carboxylic acids is 5. The molecule has 3 aliphatic rings. The molecule has 1 aromatic carbocycles.